The van der Waals surface area contributed by atoms with E-state index >= 15 is 0 Å². The standard InChI is InChI=1S/C17H12BrFN4OS/c1-25-17-21-16-14(22-23-17)12-8-10(18)4-7-13(12)20-15(24-16)9-2-5-11(19)6-3-9/h2-8,15,20H,1H3. The molecule has 1 aliphatic heterocycles. The number of hydrogen-bond acceptors (Lipinski definition) is 6. The lowest BCUT2D eigenvalue weighted by Crippen LogP contribution is -2.17. The lowest BCUT2D eigenvalue weighted by molar-refractivity contribution is 0.225. The van der Waals surface area contributed by atoms with E-state index in [-0.39, 0.29) is 5.82 Å². The van der Waals surface area contributed by atoms with Crippen LogP contribution in [0, 0.1) is 5.82 Å². The van der Waals surface area contributed by atoms with Crippen molar-refractivity contribution in [1.29, 1.82) is 0 Å². The van der Waals surface area contributed by atoms with Crippen LogP contribution in [0.15, 0.2) is 52.1 Å². The molecule has 0 saturated heterocycles. The summed E-state index contributed by atoms with van der Waals surface area (Å²) in [6.45, 7) is 0. The first kappa shape index (κ1) is 16.3. The number of nitrogens with one attached hydrogen (secondary N) is 1. The SMILES string of the molecule is CSc1nnc2c(n1)OC(c1ccc(F)cc1)Nc1ccc(Br)cc1-2. The van der Waals surface area contributed by atoms with Crippen LogP contribution in [0.1, 0.15) is 11.8 Å². The monoisotopic (exact) mass is 418 g/mol. The third-order valence-corrected chi connectivity index (χ3v) is 4.77. The van der Waals surface area contributed by atoms with Crippen LogP contribution in [-0.2, 0) is 0 Å². The van der Waals surface area contributed by atoms with Crippen LogP contribution in [0.4, 0.5) is 10.1 Å². The summed E-state index contributed by atoms with van der Waals surface area (Å²) in [5.41, 5.74) is 3.02. The summed E-state index contributed by atoms with van der Waals surface area (Å²) in [4.78, 5) is 4.45. The van der Waals surface area contributed by atoms with E-state index in [1.54, 1.807) is 12.1 Å². The first-order valence-electron chi connectivity index (χ1n) is 7.41. The van der Waals surface area contributed by atoms with E-state index in [2.05, 4.69) is 36.4 Å². The van der Waals surface area contributed by atoms with Crippen molar-refractivity contribution in [2.45, 2.75) is 11.4 Å². The molecule has 1 N–H and O–H groups in total. The number of halogens is 2. The molecule has 5 nitrogen and oxygen atoms in total. The molecule has 2 heterocycles. The Hall–Kier alpha value is -2.19. The van der Waals surface area contributed by atoms with E-state index in [4.69, 9.17) is 4.74 Å². The zero-order valence-electron chi connectivity index (χ0n) is 13.0. The molecule has 4 rings (SSSR count). The van der Waals surface area contributed by atoms with Crippen molar-refractivity contribution in [2.24, 2.45) is 0 Å². The van der Waals surface area contributed by atoms with Gasteiger partial charge < -0.3 is 10.1 Å². The zero-order chi connectivity index (χ0) is 17.4. The highest BCUT2D eigenvalue weighted by molar-refractivity contribution is 9.10. The number of ether oxygens (including phenoxy) is 1. The maximum absolute atomic E-state index is 13.3. The van der Waals surface area contributed by atoms with Crippen LogP contribution in [0.2, 0.25) is 0 Å². The Morgan fingerprint density at radius 2 is 1.96 bits per heavy atom. The van der Waals surface area contributed by atoms with Crippen molar-refractivity contribution in [3.05, 3.63) is 58.3 Å². The topological polar surface area (TPSA) is 59.9 Å². The Morgan fingerprint density at radius 3 is 2.72 bits per heavy atom. The molecule has 0 amide bonds. The molecule has 1 aromatic heterocycles. The van der Waals surface area contributed by atoms with Gasteiger partial charge >= 0.3 is 0 Å². The molecule has 0 radical (unpaired) electrons. The van der Waals surface area contributed by atoms with Crippen molar-refractivity contribution < 1.29 is 9.13 Å². The average molecular weight is 419 g/mol. The summed E-state index contributed by atoms with van der Waals surface area (Å²) >= 11 is 4.87. The van der Waals surface area contributed by atoms with Gasteiger partial charge in [-0.15, -0.1) is 10.2 Å². The van der Waals surface area contributed by atoms with Crippen LogP contribution < -0.4 is 10.1 Å². The quantitative estimate of drug-likeness (QED) is 0.610. The first-order valence-corrected chi connectivity index (χ1v) is 9.43. The third kappa shape index (κ3) is 3.19. The Bertz CT molecular complexity index is 938. The summed E-state index contributed by atoms with van der Waals surface area (Å²) in [7, 11) is 0. The van der Waals surface area contributed by atoms with Crippen LogP contribution in [-0.4, -0.2) is 21.4 Å². The molecule has 8 heteroatoms. The number of hydrogen-bond donors (Lipinski definition) is 1. The molecule has 3 aromatic rings. The van der Waals surface area contributed by atoms with E-state index in [0.29, 0.717) is 16.7 Å². The summed E-state index contributed by atoms with van der Waals surface area (Å²) in [5, 5.41) is 12.3. The van der Waals surface area contributed by atoms with E-state index < -0.39 is 6.23 Å². The molecule has 1 atom stereocenters. The minimum absolute atomic E-state index is 0.296. The van der Waals surface area contributed by atoms with Crippen LogP contribution >= 0.6 is 27.7 Å². The third-order valence-electron chi connectivity index (χ3n) is 3.74. The number of rotatable bonds is 2. The summed E-state index contributed by atoms with van der Waals surface area (Å²) in [6.07, 6.45) is 1.36. The largest absolute Gasteiger partial charge is 0.448 e. The van der Waals surface area contributed by atoms with E-state index in [1.807, 2.05) is 24.5 Å². The van der Waals surface area contributed by atoms with E-state index in [1.165, 1.54) is 23.9 Å². The molecule has 0 fully saturated rings. The number of anilines is 1. The second-order valence-electron chi connectivity index (χ2n) is 5.34. The van der Waals surface area contributed by atoms with Gasteiger partial charge in [0.25, 0.3) is 0 Å². The lowest BCUT2D eigenvalue weighted by Gasteiger charge is -2.19. The molecule has 1 aliphatic rings. The highest BCUT2D eigenvalue weighted by atomic mass is 79.9. The molecule has 0 saturated carbocycles. The number of thioether (sulfide) groups is 1. The van der Waals surface area contributed by atoms with Gasteiger partial charge in [0.1, 0.15) is 5.82 Å². The summed E-state index contributed by atoms with van der Waals surface area (Å²) in [6, 6.07) is 12.0. The molecule has 1 unspecified atom stereocenters. The predicted molar refractivity (Wildman–Crippen MR) is 98.1 cm³/mol. The number of nitrogens with zero attached hydrogens (tertiary/aromatic N) is 3. The van der Waals surface area contributed by atoms with Gasteiger partial charge in [-0.2, -0.15) is 4.98 Å². The van der Waals surface area contributed by atoms with E-state index in [9.17, 15) is 4.39 Å². The molecule has 25 heavy (non-hydrogen) atoms. The maximum Gasteiger partial charge on any atom is 0.247 e. The van der Waals surface area contributed by atoms with Crippen LogP contribution in [0.25, 0.3) is 11.3 Å². The molecular weight excluding hydrogens is 407 g/mol. The van der Waals surface area contributed by atoms with Gasteiger partial charge in [-0.25, -0.2) is 4.39 Å². The van der Waals surface area contributed by atoms with Gasteiger partial charge in [0, 0.05) is 21.3 Å². The highest BCUT2D eigenvalue weighted by Crippen LogP contribution is 2.40. The van der Waals surface area contributed by atoms with Crippen LogP contribution in [0.3, 0.4) is 0 Å². The fourth-order valence-corrected chi connectivity index (χ4v) is 3.20. The number of aromatic nitrogens is 3. The zero-order valence-corrected chi connectivity index (χ0v) is 15.4. The van der Waals surface area contributed by atoms with Crippen molar-refractivity contribution >= 4 is 33.4 Å². The van der Waals surface area contributed by atoms with Crippen molar-refractivity contribution in [2.75, 3.05) is 11.6 Å². The molecular formula is C17H12BrFN4OS. The van der Waals surface area contributed by atoms with Gasteiger partial charge in [-0.1, -0.05) is 39.8 Å². The highest BCUT2D eigenvalue weighted by Gasteiger charge is 2.26. The second-order valence-corrected chi connectivity index (χ2v) is 7.03. The van der Waals surface area contributed by atoms with Gasteiger partial charge in [0.15, 0.2) is 11.9 Å². The van der Waals surface area contributed by atoms with Gasteiger partial charge in [-0.3, -0.25) is 0 Å². The predicted octanol–water partition coefficient (Wildman–Crippen LogP) is 4.67. The molecule has 126 valence electrons. The molecule has 0 aliphatic carbocycles. The van der Waals surface area contributed by atoms with Gasteiger partial charge in [0.2, 0.25) is 11.0 Å². The second kappa shape index (κ2) is 6.61. The van der Waals surface area contributed by atoms with Gasteiger partial charge in [0.05, 0.1) is 0 Å². The van der Waals surface area contributed by atoms with Crippen LogP contribution in [0.5, 0.6) is 5.88 Å². The summed E-state index contributed by atoms with van der Waals surface area (Å²) < 4.78 is 20.2. The first-order chi connectivity index (χ1) is 12.1. The number of benzene rings is 2. The Labute approximate surface area is 156 Å². The fraction of sp³-hybridized carbons (Fsp3) is 0.118. The van der Waals surface area contributed by atoms with Gasteiger partial charge in [-0.05, 0) is 36.6 Å². The summed E-state index contributed by atoms with van der Waals surface area (Å²) in [5.74, 6) is 0.0915. The Kier molecular flexibility index (Phi) is 4.30. The maximum atomic E-state index is 13.3. The van der Waals surface area contributed by atoms with Crippen molar-refractivity contribution in [1.82, 2.24) is 15.2 Å². The average Bonchev–Trinajstić information content (AvgIpc) is 2.78. The van der Waals surface area contributed by atoms with Crippen molar-refractivity contribution in [3.8, 4) is 17.1 Å². The van der Waals surface area contributed by atoms with E-state index in [0.717, 1.165) is 21.3 Å². The molecule has 2 aromatic carbocycles. The Morgan fingerprint density at radius 1 is 1.16 bits per heavy atom. The smallest absolute Gasteiger partial charge is 0.247 e. The minimum atomic E-state index is -0.520. The fourth-order valence-electron chi connectivity index (χ4n) is 2.54. The molecule has 0 spiro atoms. The normalized spacial score (nSPS) is 15.4. The van der Waals surface area contributed by atoms with Crippen molar-refractivity contribution in [3.63, 3.8) is 0 Å². The minimum Gasteiger partial charge on any atom is -0.448 e. The lowest BCUT2D eigenvalue weighted by atomic mass is 10.1. The Balaban J connectivity index is 1.87. The molecule has 0 bridgehead atoms. The number of fused-ring (bicyclic) bond motifs is 3.